The molecule has 1 saturated carbocycles. The van der Waals surface area contributed by atoms with Crippen molar-refractivity contribution < 1.29 is 0 Å². The predicted molar refractivity (Wildman–Crippen MR) is 53.0 cm³/mol. The van der Waals surface area contributed by atoms with Crippen molar-refractivity contribution in [3.63, 3.8) is 0 Å². The van der Waals surface area contributed by atoms with Gasteiger partial charge in [0, 0.05) is 0 Å². The van der Waals surface area contributed by atoms with E-state index in [2.05, 4.69) is 40.7 Å². The van der Waals surface area contributed by atoms with E-state index in [9.17, 15) is 0 Å². The summed E-state index contributed by atoms with van der Waals surface area (Å²) in [7, 11) is 0. The quantitative estimate of drug-likeness (QED) is 0.509. The van der Waals surface area contributed by atoms with E-state index >= 15 is 0 Å². The van der Waals surface area contributed by atoms with E-state index in [1.165, 1.54) is 12.0 Å². The molecule has 3 aliphatic rings. The molecule has 2 bridgehead atoms. The van der Waals surface area contributed by atoms with Crippen LogP contribution in [0.25, 0.3) is 0 Å². The van der Waals surface area contributed by atoms with Gasteiger partial charge in [-0.2, -0.15) is 0 Å². The average molecular weight is 162 g/mol. The van der Waals surface area contributed by atoms with Crippen molar-refractivity contribution in [2.45, 2.75) is 41.0 Å². The summed E-state index contributed by atoms with van der Waals surface area (Å²) in [4.78, 5) is 0. The van der Waals surface area contributed by atoms with E-state index in [-0.39, 0.29) is 0 Å². The molecule has 3 rings (SSSR count). The van der Waals surface area contributed by atoms with Gasteiger partial charge >= 0.3 is 0 Å². The van der Waals surface area contributed by atoms with Crippen molar-refractivity contribution in [1.29, 1.82) is 0 Å². The maximum atomic E-state index is 2.47. The molecule has 0 saturated heterocycles. The van der Waals surface area contributed by atoms with Crippen LogP contribution in [0.3, 0.4) is 0 Å². The fourth-order valence-corrected chi connectivity index (χ4v) is 2.55. The van der Waals surface area contributed by atoms with Crippen LogP contribution in [0.2, 0.25) is 0 Å². The first-order chi connectivity index (χ1) is 5.38. The van der Waals surface area contributed by atoms with Gasteiger partial charge in [-0.15, -0.1) is 0 Å². The Morgan fingerprint density at radius 2 is 1.83 bits per heavy atom. The van der Waals surface area contributed by atoms with Gasteiger partial charge in [-0.05, 0) is 42.2 Å². The molecule has 0 amide bonds. The van der Waals surface area contributed by atoms with Gasteiger partial charge in [0.15, 0.2) is 0 Å². The molecule has 0 aromatic rings. The van der Waals surface area contributed by atoms with Gasteiger partial charge in [0.2, 0.25) is 0 Å². The Balaban J connectivity index is 2.49. The van der Waals surface area contributed by atoms with Crippen molar-refractivity contribution >= 4 is 0 Å². The molecule has 0 aromatic carbocycles. The standard InChI is InChI=1S/C12H18/c1-8(2)9-6-12(5)7-10(9)11(12,3)4/h7H,6H2,1-5H3/t12-/m1/s1. The monoisotopic (exact) mass is 162 g/mol. The van der Waals surface area contributed by atoms with Crippen LogP contribution >= 0.6 is 0 Å². The third-order valence-electron chi connectivity index (χ3n) is 4.04. The number of fused-ring (bicyclic) bond motifs is 1. The molecule has 66 valence electrons. The summed E-state index contributed by atoms with van der Waals surface area (Å²) >= 11 is 0. The second-order valence-corrected chi connectivity index (χ2v) is 5.26. The molecule has 0 aromatic heterocycles. The summed E-state index contributed by atoms with van der Waals surface area (Å²) in [5.74, 6) is 0. The lowest BCUT2D eigenvalue weighted by Crippen LogP contribution is -2.36. The molecule has 0 N–H and O–H groups in total. The summed E-state index contributed by atoms with van der Waals surface area (Å²) in [5, 5.41) is 0. The number of allylic oxidation sites excluding steroid dienone is 4. The molecule has 1 atom stereocenters. The van der Waals surface area contributed by atoms with Gasteiger partial charge in [-0.25, -0.2) is 0 Å². The lowest BCUT2D eigenvalue weighted by atomic mass is 9.59. The lowest BCUT2D eigenvalue weighted by Gasteiger charge is -2.44. The summed E-state index contributed by atoms with van der Waals surface area (Å²) in [6, 6.07) is 0. The Hall–Kier alpha value is -0.520. The second kappa shape index (κ2) is 1.86. The van der Waals surface area contributed by atoms with Crippen LogP contribution in [0.5, 0.6) is 0 Å². The zero-order chi connectivity index (χ0) is 9.15. The normalized spacial score (nSPS) is 36.1. The number of rotatable bonds is 0. The van der Waals surface area contributed by atoms with E-state index in [1.807, 2.05) is 0 Å². The molecule has 0 spiro atoms. The maximum absolute atomic E-state index is 2.47. The smallest absolute Gasteiger partial charge is 0.000847 e. The summed E-state index contributed by atoms with van der Waals surface area (Å²) in [6.45, 7) is 11.6. The van der Waals surface area contributed by atoms with Crippen molar-refractivity contribution in [1.82, 2.24) is 0 Å². The zero-order valence-corrected chi connectivity index (χ0v) is 8.78. The number of hydrogen-bond donors (Lipinski definition) is 0. The molecule has 0 heterocycles. The Bertz CT molecular complexity index is 295. The van der Waals surface area contributed by atoms with Gasteiger partial charge in [0.05, 0.1) is 0 Å². The molecular weight excluding hydrogens is 144 g/mol. The molecule has 0 heteroatoms. The predicted octanol–water partition coefficient (Wildman–Crippen LogP) is 3.70. The highest BCUT2D eigenvalue weighted by Gasteiger charge is 2.57. The Kier molecular flexibility index (Phi) is 1.26. The molecule has 0 unspecified atom stereocenters. The van der Waals surface area contributed by atoms with Crippen molar-refractivity contribution in [2.75, 3.05) is 0 Å². The fourth-order valence-electron chi connectivity index (χ4n) is 2.55. The minimum Gasteiger partial charge on any atom is -0.0733 e. The topological polar surface area (TPSA) is 0 Å². The molecule has 0 nitrogen and oxygen atoms in total. The van der Waals surface area contributed by atoms with Gasteiger partial charge in [-0.1, -0.05) is 32.4 Å². The second-order valence-electron chi connectivity index (χ2n) is 5.26. The highest BCUT2D eigenvalue weighted by Crippen LogP contribution is 2.67. The van der Waals surface area contributed by atoms with Crippen LogP contribution in [0.15, 0.2) is 22.8 Å². The first-order valence-corrected chi connectivity index (χ1v) is 4.78. The maximum Gasteiger partial charge on any atom is -0.000847 e. The van der Waals surface area contributed by atoms with Crippen LogP contribution in [0.4, 0.5) is 0 Å². The van der Waals surface area contributed by atoms with Crippen LogP contribution in [0, 0.1) is 10.8 Å². The van der Waals surface area contributed by atoms with Gasteiger partial charge in [0.1, 0.15) is 0 Å². The fraction of sp³-hybridized carbons (Fsp3) is 0.667. The van der Waals surface area contributed by atoms with Crippen molar-refractivity contribution in [3.05, 3.63) is 22.8 Å². The SMILES string of the molecule is CC(C)=C1C[C@]2(C)C=C1C2(C)C. The van der Waals surface area contributed by atoms with Crippen molar-refractivity contribution in [2.24, 2.45) is 10.8 Å². The highest BCUT2D eigenvalue weighted by molar-refractivity contribution is 5.56. The van der Waals surface area contributed by atoms with E-state index in [1.54, 1.807) is 11.1 Å². The third-order valence-corrected chi connectivity index (χ3v) is 4.04. The third kappa shape index (κ3) is 0.646. The molecule has 1 fully saturated rings. The molecular formula is C12H18. The first-order valence-electron chi connectivity index (χ1n) is 4.78. The van der Waals surface area contributed by atoms with E-state index in [4.69, 9.17) is 0 Å². The Labute approximate surface area is 75.4 Å². The van der Waals surface area contributed by atoms with Gasteiger partial charge in [-0.3, -0.25) is 0 Å². The van der Waals surface area contributed by atoms with Crippen molar-refractivity contribution in [3.8, 4) is 0 Å². The van der Waals surface area contributed by atoms with Crippen LogP contribution in [-0.4, -0.2) is 0 Å². The molecule has 0 aliphatic heterocycles. The highest BCUT2D eigenvalue weighted by atomic mass is 14.6. The largest absolute Gasteiger partial charge is 0.0733 e. The summed E-state index contributed by atoms with van der Waals surface area (Å²) in [5.41, 5.74) is 5.66. The molecule has 12 heavy (non-hydrogen) atoms. The number of hydrogen-bond acceptors (Lipinski definition) is 0. The summed E-state index contributed by atoms with van der Waals surface area (Å²) in [6.07, 6.45) is 3.74. The van der Waals surface area contributed by atoms with E-state index < -0.39 is 0 Å². The average Bonchev–Trinajstić information content (AvgIpc) is 2.38. The Morgan fingerprint density at radius 1 is 1.25 bits per heavy atom. The zero-order valence-electron chi connectivity index (χ0n) is 8.78. The lowest BCUT2D eigenvalue weighted by molar-refractivity contribution is 0.188. The Morgan fingerprint density at radius 3 is 2.00 bits per heavy atom. The summed E-state index contributed by atoms with van der Waals surface area (Å²) < 4.78 is 0. The van der Waals surface area contributed by atoms with Gasteiger partial charge in [0.25, 0.3) is 0 Å². The first kappa shape index (κ1) is 8.10. The van der Waals surface area contributed by atoms with Gasteiger partial charge < -0.3 is 0 Å². The van der Waals surface area contributed by atoms with E-state index in [0.717, 1.165) is 0 Å². The molecule has 3 aliphatic carbocycles. The van der Waals surface area contributed by atoms with Crippen LogP contribution in [0.1, 0.15) is 41.0 Å². The minimum atomic E-state index is 0.444. The molecule has 0 radical (unpaired) electrons. The van der Waals surface area contributed by atoms with E-state index in [0.29, 0.717) is 10.8 Å². The van der Waals surface area contributed by atoms with Crippen LogP contribution < -0.4 is 0 Å². The van der Waals surface area contributed by atoms with Crippen LogP contribution in [-0.2, 0) is 0 Å². The minimum absolute atomic E-state index is 0.444.